The number of rotatable bonds is 5. The smallest absolute Gasteiger partial charge is 0.387 e. The van der Waals surface area contributed by atoms with Gasteiger partial charge in [0.2, 0.25) is 0 Å². The third kappa shape index (κ3) is 3.37. The van der Waals surface area contributed by atoms with E-state index in [2.05, 4.69) is 9.84 Å². The van der Waals surface area contributed by atoms with Crippen LogP contribution in [0.25, 0.3) is 11.3 Å². The average molecular weight is 308 g/mol. The molecular weight excluding hydrogens is 290 g/mol. The van der Waals surface area contributed by atoms with Gasteiger partial charge in [0.1, 0.15) is 0 Å². The molecule has 4 nitrogen and oxygen atoms in total. The Labute approximate surface area is 127 Å². The third-order valence-electron chi connectivity index (χ3n) is 3.76. The SMILES string of the molecule is Cn1ccc(-c2ccc(OC(F)F)c(OC3CCCC3)c2)n1. The number of hydrogen-bond donors (Lipinski definition) is 0. The summed E-state index contributed by atoms with van der Waals surface area (Å²) < 4.78 is 37.2. The lowest BCUT2D eigenvalue weighted by molar-refractivity contribution is -0.0520. The van der Waals surface area contributed by atoms with E-state index in [9.17, 15) is 8.78 Å². The Hall–Kier alpha value is -2.11. The molecule has 3 rings (SSSR count). The summed E-state index contributed by atoms with van der Waals surface area (Å²) in [5.74, 6) is 0.428. The molecule has 22 heavy (non-hydrogen) atoms. The van der Waals surface area contributed by atoms with Crippen molar-refractivity contribution >= 4 is 0 Å². The molecule has 1 saturated carbocycles. The Morgan fingerprint density at radius 3 is 2.59 bits per heavy atom. The topological polar surface area (TPSA) is 36.3 Å². The highest BCUT2D eigenvalue weighted by Gasteiger charge is 2.20. The summed E-state index contributed by atoms with van der Waals surface area (Å²) >= 11 is 0. The van der Waals surface area contributed by atoms with Crippen LogP contribution in [0.15, 0.2) is 30.5 Å². The number of halogens is 2. The van der Waals surface area contributed by atoms with Crippen LogP contribution in [0.3, 0.4) is 0 Å². The average Bonchev–Trinajstić information content (AvgIpc) is 3.12. The number of aromatic nitrogens is 2. The monoisotopic (exact) mass is 308 g/mol. The fraction of sp³-hybridized carbons (Fsp3) is 0.438. The van der Waals surface area contributed by atoms with E-state index in [1.54, 1.807) is 16.8 Å². The Balaban J connectivity index is 1.90. The van der Waals surface area contributed by atoms with Crippen molar-refractivity contribution in [2.75, 3.05) is 0 Å². The molecule has 0 unspecified atom stereocenters. The minimum absolute atomic E-state index is 0.0685. The van der Waals surface area contributed by atoms with Gasteiger partial charge in [-0.2, -0.15) is 13.9 Å². The molecule has 0 bridgehead atoms. The van der Waals surface area contributed by atoms with Crippen LogP contribution in [-0.4, -0.2) is 22.5 Å². The van der Waals surface area contributed by atoms with Gasteiger partial charge in [0.05, 0.1) is 11.8 Å². The van der Waals surface area contributed by atoms with Crippen molar-refractivity contribution in [2.45, 2.75) is 38.4 Å². The van der Waals surface area contributed by atoms with E-state index in [0.717, 1.165) is 36.9 Å². The first-order valence-electron chi connectivity index (χ1n) is 7.37. The van der Waals surface area contributed by atoms with Crippen molar-refractivity contribution in [1.82, 2.24) is 9.78 Å². The molecule has 1 heterocycles. The molecule has 2 aromatic rings. The van der Waals surface area contributed by atoms with Gasteiger partial charge in [0, 0.05) is 18.8 Å². The van der Waals surface area contributed by atoms with Crippen LogP contribution in [0.1, 0.15) is 25.7 Å². The number of ether oxygens (including phenoxy) is 2. The summed E-state index contributed by atoms with van der Waals surface area (Å²) in [6.07, 6.45) is 6.00. The van der Waals surface area contributed by atoms with Crippen molar-refractivity contribution in [3.05, 3.63) is 30.5 Å². The highest BCUT2D eigenvalue weighted by atomic mass is 19.3. The predicted octanol–water partition coefficient (Wildman–Crippen LogP) is 4.01. The minimum Gasteiger partial charge on any atom is -0.487 e. The number of aryl methyl sites for hydroxylation is 1. The van der Waals surface area contributed by atoms with Crippen LogP contribution in [0, 0.1) is 0 Å². The maximum absolute atomic E-state index is 12.5. The number of benzene rings is 1. The van der Waals surface area contributed by atoms with Gasteiger partial charge in [-0.25, -0.2) is 0 Å². The molecule has 0 N–H and O–H groups in total. The molecule has 0 amide bonds. The summed E-state index contributed by atoms with van der Waals surface area (Å²) in [4.78, 5) is 0. The van der Waals surface area contributed by atoms with E-state index in [4.69, 9.17) is 4.74 Å². The molecule has 118 valence electrons. The molecule has 1 aliphatic rings. The van der Waals surface area contributed by atoms with Gasteiger partial charge < -0.3 is 9.47 Å². The number of alkyl halides is 2. The molecule has 0 aliphatic heterocycles. The molecule has 6 heteroatoms. The molecule has 0 atom stereocenters. The van der Waals surface area contributed by atoms with Crippen molar-refractivity contribution in [3.8, 4) is 22.8 Å². The summed E-state index contributed by atoms with van der Waals surface area (Å²) in [7, 11) is 1.83. The van der Waals surface area contributed by atoms with Gasteiger partial charge in [-0.05, 0) is 49.9 Å². The lowest BCUT2D eigenvalue weighted by Crippen LogP contribution is -2.13. The van der Waals surface area contributed by atoms with Crippen LogP contribution in [0.2, 0.25) is 0 Å². The van der Waals surface area contributed by atoms with Crippen LogP contribution in [0.4, 0.5) is 8.78 Å². The first-order valence-corrected chi connectivity index (χ1v) is 7.37. The lowest BCUT2D eigenvalue weighted by Gasteiger charge is -2.17. The van der Waals surface area contributed by atoms with Gasteiger partial charge in [0.25, 0.3) is 0 Å². The molecular formula is C16H18F2N2O2. The standard InChI is InChI=1S/C16H18F2N2O2/c1-20-9-8-13(19-20)11-6-7-14(22-16(17)18)15(10-11)21-12-4-2-3-5-12/h6-10,12,16H,2-5H2,1H3. The van der Waals surface area contributed by atoms with Gasteiger partial charge in [0.15, 0.2) is 11.5 Å². The van der Waals surface area contributed by atoms with Gasteiger partial charge >= 0.3 is 6.61 Å². The van der Waals surface area contributed by atoms with Crippen LogP contribution < -0.4 is 9.47 Å². The van der Waals surface area contributed by atoms with Gasteiger partial charge in [-0.3, -0.25) is 4.68 Å². The predicted molar refractivity (Wildman–Crippen MR) is 78.2 cm³/mol. The Morgan fingerprint density at radius 1 is 1.18 bits per heavy atom. The quantitative estimate of drug-likeness (QED) is 0.837. The maximum Gasteiger partial charge on any atom is 0.387 e. The second-order valence-corrected chi connectivity index (χ2v) is 5.44. The van der Waals surface area contributed by atoms with E-state index in [1.165, 1.54) is 6.07 Å². The zero-order valence-electron chi connectivity index (χ0n) is 12.3. The van der Waals surface area contributed by atoms with Crippen LogP contribution >= 0.6 is 0 Å². The summed E-state index contributed by atoms with van der Waals surface area (Å²) in [5, 5.41) is 4.32. The van der Waals surface area contributed by atoms with E-state index in [1.807, 2.05) is 19.3 Å². The molecule has 1 fully saturated rings. The van der Waals surface area contributed by atoms with Crippen molar-refractivity contribution in [1.29, 1.82) is 0 Å². The van der Waals surface area contributed by atoms with E-state index < -0.39 is 6.61 Å². The van der Waals surface area contributed by atoms with Crippen molar-refractivity contribution < 1.29 is 18.3 Å². The van der Waals surface area contributed by atoms with Gasteiger partial charge in [-0.15, -0.1) is 0 Å². The molecule has 0 radical (unpaired) electrons. The van der Waals surface area contributed by atoms with E-state index >= 15 is 0 Å². The normalized spacial score (nSPS) is 15.5. The zero-order chi connectivity index (χ0) is 15.5. The highest BCUT2D eigenvalue weighted by Crippen LogP contribution is 2.36. The fourth-order valence-corrected chi connectivity index (χ4v) is 2.71. The van der Waals surface area contributed by atoms with E-state index in [-0.39, 0.29) is 11.9 Å². The molecule has 0 spiro atoms. The lowest BCUT2D eigenvalue weighted by atomic mass is 10.1. The minimum atomic E-state index is -2.87. The summed E-state index contributed by atoms with van der Waals surface area (Å²) in [6.45, 7) is -2.87. The first-order chi connectivity index (χ1) is 10.6. The highest BCUT2D eigenvalue weighted by molar-refractivity contribution is 5.63. The van der Waals surface area contributed by atoms with E-state index in [0.29, 0.717) is 5.75 Å². The first kappa shape index (κ1) is 14.8. The van der Waals surface area contributed by atoms with Crippen molar-refractivity contribution in [3.63, 3.8) is 0 Å². The van der Waals surface area contributed by atoms with Crippen LogP contribution in [0.5, 0.6) is 11.5 Å². The van der Waals surface area contributed by atoms with Crippen LogP contribution in [-0.2, 0) is 7.05 Å². The number of hydrogen-bond acceptors (Lipinski definition) is 3. The molecule has 1 aromatic heterocycles. The molecule has 0 saturated heterocycles. The second-order valence-electron chi connectivity index (χ2n) is 5.44. The fourth-order valence-electron chi connectivity index (χ4n) is 2.71. The summed E-state index contributed by atoms with van der Waals surface area (Å²) in [6, 6.07) is 6.81. The third-order valence-corrected chi connectivity index (χ3v) is 3.76. The zero-order valence-corrected chi connectivity index (χ0v) is 12.3. The number of nitrogens with zero attached hydrogens (tertiary/aromatic N) is 2. The Bertz CT molecular complexity index is 637. The van der Waals surface area contributed by atoms with Crippen molar-refractivity contribution in [2.24, 2.45) is 7.05 Å². The Kier molecular flexibility index (Phi) is 4.27. The maximum atomic E-state index is 12.5. The largest absolute Gasteiger partial charge is 0.487 e. The Morgan fingerprint density at radius 2 is 1.95 bits per heavy atom. The van der Waals surface area contributed by atoms with Gasteiger partial charge in [-0.1, -0.05) is 0 Å². The summed E-state index contributed by atoms with van der Waals surface area (Å²) in [5.41, 5.74) is 1.58. The molecule has 1 aliphatic carbocycles. The molecule has 1 aromatic carbocycles. The second kappa shape index (κ2) is 6.34.